The number of esters is 1. The second-order valence-corrected chi connectivity index (χ2v) is 5.11. The number of nitriles is 1. The van der Waals surface area contributed by atoms with Crippen molar-refractivity contribution >= 4 is 17.6 Å². The van der Waals surface area contributed by atoms with Crippen molar-refractivity contribution in [1.29, 1.82) is 5.26 Å². The summed E-state index contributed by atoms with van der Waals surface area (Å²) in [5, 5.41) is 14.6. The topological polar surface area (TPSA) is 91.2 Å². The average molecular weight is 329 g/mol. The number of nitrogens with zero attached hydrogens (tertiary/aromatic N) is 1. The van der Waals surface area contributed by atoms with Crippen LogP contribution in [-0.4, -0.2) is 25.0 Å². The van der Waals surface area contributed by atoms with Crippen LogP contribution in [0.2, 0.25) is 0 Å². The van der Waals surface area contributed by atoms with Gasteiger partial charge >= 0.3 is 5.97 Å². The van der Waals surface area contributed by atoms with E-state index in [1.807, 2.05) is 19.9 Å². The van der Waals surface area contributed by atoms with Crippen molar-refractivity contribution in [2.45, 2.75) is 33.1 Å². The predicted octanol–water partition coefficient (Wildman–Crippen LogP) is 2.99. The Bertz CT molecular complexity index is 633. The molecule has 0 heterocycles. The Balaban J connectivity index is 2.83. The van der Waals surface area contributed by atoms with Crippen molar-refractivity contribution in [1.82, 2.24) is 5.32 Å². The molecule has 0 unspecified atom stereocenters. The first kappa shape index (κ1) is 19.2. The Hall–Kier alpha value is -2.81. The van der Waals surface area contributed by atoms with E-state index in [1.54, 1.807) is 24.3 Å². The van der Waals surface area contributed by atoms with Gasteiger partial charge in [-0.15, -0.1) is 0 Å². The third-order valence-electron chi connectivity index (χ3n) is 3.13. The summed E-state index contributed by atoms with van der Waals surface area (Å²) in [6.07, 6.45) is 3.96. The molecular weight excluding hydrogens is 306 g/mol. The highest BCUT2D eigenvalue weighted by Gasteiger charge is 2.16. The van der Waals surface area contributed by atoms with E-state index in [2.05, 4.69) is 10.6 Å². The molecule has 128 valence electrons. The highest BCUT2D eigenvalue weighted by Crippen LogP contribution is 2.17. The van der Waals surface area contributed by atoms with Crippen LogP contribution in [0.1, 0.15) is 43.5 Å². The lowest BCUT2D eigenvalue weighted by molar-refractivity contribution is -0.112. The van der Waals surface area contributed by atoms with E-state index in [0.29, 0.717) is 18.8 Å². The maximum absolute atomic E-state index is 12.2. The van der Waals surface area contributed by atoms with Gasteiger partial charge in [0.1, 0.15) is 11.6 Å². The van der Waals surface area contributed by atoms with Gasteiger partial charge in [-0.25, -0.2) is 4.79 Å². The van der Waals surface area contributed by atoms with Crippen LogP contribution in [0.3, 0.4) is 0 Å². The van der Waals surface area contributed by atoms with E-state index in [-0.39, 0.29) is 11.1 Å². The largest absolute Gasteiger partial charge is 0.462 e. The van der Waals surface area contributed by atoms with E-state index in [9.17, 15) is 9.59 Å². The number of anilines is 1. The zero-order valence-corrected chi connectivity index (χ0v) is 14.1. The summed E-state index contributed by atoms with van der Waals surface area (Å²) in [6.45, 7) is 4.98. The number of ether oxygens (including phenoxy) is 1. The quantitative estimate of drug-likeness (QED) is 0.314. The van der Waals surface area contributed by atoms with Gasteiger partial charge in [-0.2, -0.15) is 5.26 Å². The van der Waals surface area contributed by atoms with Gasteiger partial charge in [0.05, 0.1) is 17.9 Å². The van der Waals surface area contributed by atoms with Crippen molar-refractivity contribution in [2.24, 2.45) is 0 Å². The van der Waals surface area contributed by atoms with Crippen LogP contribution < -0.4 is 10.6 Å². The number of benzene rings is 1. The van der Waals surface area contributed by atoms with Gasteiger partial charge in [0.2, 0.25) is 0 Å². The van der Waals surface area contributed by atoms with E-state index < -0.39 is 11.9 Å². The van der Waals surface area contributed by atoms with Crippen LogP contribution in [0.5, 0.6) is 0 Å². The smallest absolute Gasteiger partial charge is 0.340 e. The summed E-state index contributed by atoms with van der Waals surface area (Å²) < 4.78 is 5.17. The Morgan fingerprint density at radius 1 is 1.25 bits per heavy atom. The van der Waals surface area contributed by atoms with Crippen molar-refractivity contribution < 1.29 is 14.3 Å². The number of amides is 1. The van der Waals surface area contributed by atoms with Gasteiger partial charge in [-0.05, 0) is 25.0 Å². The Morgan fingerprint density at radius 3 is 2.67 bits per heavy atom. The van der Waals surface area contributed by atoms with Crippen LogP contribution in [-0.2, 0) is 9.53 Å². The van der Waals surface area contributed by atoms with Gasteiger partial charge in [-0.3, -0.25) is 4.79 Å². The number of hydrogen-bond acceptors (Lipinski definition) is 5. The summed E-state index contributed by atoms with van der Waals surface area (Å²) in [7, 11) is 0. The lowest BCUT2D eigenvalue weighted by Crippen LogP contribution is -2.19. The molecule has 0 saturated heterocycles. The minimum absolute atomic E-state index is 0.0578. The van der Waals surface area contributed by atoms with Crippen LogP contribution in [0.15, 0.2) is 36.0 Å². The summed E-state index contributed by atoms with van der Waals surface area (Å²) >= 11 is 0. The zero-order chi connectivity index (χ0) is 17.8. The lowest BCUT2D eigenvalue weighted by Gasteiger charge is -2.10. The first-order valence-corrected chi connectivity index (χ1v) is 8.05. The average Bonchev–Trinajstić information content (AvgIpc) is 2.59. The molecule has 0 aliphatic carbocycles. The predicted molar refractivity (Wildman–Crippen MR) is 92.3 cm³/mol. The fourth-order valence-corrected chi connectivity index (χ4v) is 1.81. The molecule has 24 heavy (non-hydrogen) atoms. The first-order valence-electron chi connectivity index (χ1n) is 8.05. The molecule has 0 bridgehead atoms. The standard InChI is InChI=1S/C18H23N3O3/c1-3-5-11-24-18(23)15-8-6-7-9-16(15)21-17(22)14(12-19)13-20-10-4-2/h6-9,13,20H,3-5,10-11H2,1-2H3,(H,21,22)/b14-13-. The highest BCUT2D eigenvalue weighted by molar-refractivity contribution is 6.09. The van der Waals surface area contributed by atoms with Crippen LogP contribution >= 0.6 is 0 Å². The minimum atomic E-state index is -0.574. The molecule has 0 aliphatic heterocycles. The lowest BCUT2D eigenvalue weighted by atomic mass is 10.1. The summed E-state index contributed by atoms with van der Waals surface area (Å²) in [4.78, 5) is 24.3. The number of carbonyl (C=O) groups is 2. The van der Waals surface area contributed by atoms with Crippen LogP contribution in [0.25, 0.3) is 0 Å². The maximum Gasteiger partial charge on any atom is 0.340 e. The molecule has 6 heteroatoms. The third-order valence-corrected chi connectivity index (χ3v) is 3.13. The highest BCUT2D eigenvalue weighted by atomic mass is 16.5. The Kier molecular flexibility index (Phi) is 8.69. The van der Waals surface area contributed by atoms with E-state index in [0.717, 1.165) is 19.3 Å². The second kappa shape index (κ2) is 10.8. The maximum atomic E-state index is 12.2. The molecule has 2 N–H and O–H groups in total. The van der Waals surface area contributed by atoms with Crippen molar-refractivity contribution in [3.8, 4) is 6.07 Å². The number of para-hydroxylation sites is 1. The van der Waals surface area contributed by atoms with Crippen LogP contribution in [0.4, 0.5) is 5.69 Å². The van der Waals surface area contributed by atoms with E-state index in [4.69, 9.17) is 10.00 Å². The molecular formula is C18H23N3O3. The summed E-state index contributed by atoms with van der Waals surface area (Å²) in [6, 6.07) is 8.41. The fraction of sp³-hybridized carbons (Fsp3) is 0.389. The van der Waals surface area contributed by atoms with Crippen molar-refractivity contribution in [3.05, 3.63) is 41.6 Å². The molecule has 1 aromatic carbocycles. The van der Waals surface area contributed by atoms with Crippen molar-refractivity contribution in [3.63, 3.8) is 0 Å². The molecule has 0 atom stereocenters. The summed E-state index contributed by atoms with van der Waals surface area (Å²) in [5.74, 6) is -1.07. The number of nitrogens with one attached hydrogen (secondary N) is 2. The number of unbranched alkanes of at least 4 members (excludes halogenated alkanes) is 1. The molecule has 1 rings (SSSR count). The second-order valence-electron chi connectivity index (χ2n) is 5.11. The summed E-state index contributed by atoms with van der Waals surface area (Å²) in [5.41, 5.74) is 0.527. The van der Waals surface area contributed by atoms with Gasteiger partial charge in [0.15, 0.2) is 0 Å². The number of carbonyl (C=O) groups excluding carboxylic acids is 2. The monoisotopic (exact) mass is 329 g/mol. The normalized spacial score (nSPS) is 10.6. The minimum Gasteiger partial charge on any atom is -0.462 e. The first-order chi connectivity index (χ1) is 11.6. The molecule has 1 amide bonds. The van der Waals surface area contributed by atoms with Gasteiger partial charge < -0.3 is 15.4 Å². The third kappa shape index (κ3) is 6.13. The van der Waals surface area contributed by atoms with Crippen LogP contribution in [0, 0.1) is 11.3 Å². The molecule has 0 radical (unpaired) electrons. The molecule has 0 aromatic heterocycles. The van der Waals surface area contributed by atoms with Crippen molar-refractivity contribution in [2.75, 3.05) is 18.5 Å². The fourth-order valence-electron chi connectivity index (χ4n) is 1.81. The van der Waals surface area contributed by atoms with Gasteiger partial charge in [0.25, 0.3) is 5.91 Å². The zero-order valence-electron chi connectivity index (χ0n) is 14.1. The number of rotatable bonds is 9. The molecule has 0 fully saturated rings. The van der Waals surface area contributed by atoms with Gasteiger partial charge in [-0.1, -0.05) is 32.4 Å². The molecule has 1 aromatic rings. The Morgan fingerprint density at radius 2 is 2.00 bits per heavy atom. The molecule has 6 nitrogen and oxygen atoms in total. The Labute approximate surface area is 142 Å². The van der Waals surface area contributed by atoms with E-state index >= 15 is 0 Å². The number of hydrogen-bond donors (Lipinski definition) is 2. The molecule has 0 saturated carbocycles. The van der Waals surface area contributed by atoms with Gasteiger partial charge in [0, 0.05) is 12.7 Å². The molecule has 0 aliphatic rings. The molecule has 0 spiro atoms. The van der Waals surface area contributed by atoms with E-state index in [1.165, 1.54) is 6.20 Å². The SMILES string of the molecule is CCCCOC(=O)c1ccccc1NC(=O)/C(C#N)=C\NCCC.